The third kappa shape index (κ3) is 3.41. The summed E-state index contributed by atoms with van der Waals surface area (Å²) >= 11 is 6.12. The van der Waals surface area contributed by atoms with Crippen LogP contribution in [0.3, 0.4) is 0 Å². The van der Waals surface area contributed by atoms with Gasteiger partial charge in [-0.25, -0.2) is 12.8 Å². The van der Waals surface area contributed by atoms with Gasteiger partial charge in [-0.15, -0.1) is 0 Å². The lowest BCUT2D eigenvalue weighted by Gasteiger charge is -2.35. The first-order valence-electron chi connectivity index (χ1n) is 7.65. The summed E-state index contributed by atoms with van der Waals surface area (Å²) in [5, 5.41) is 0.246. The maximum Gasteiger partial charge on any atom is 0.244 e. The average Bonchev–Trinajstić information content (AvgIpc) is 2.55. The van der Waals surface area contributed by atoms with Crippen molar-refractivity contribution in [3.05, 3.63) is 58.9 Å². The molecule has 7 heteroatoms. The Kier molecular flexibility index (Phi) is 4.80. The third-order valence-electron chi connectivity index (χ3n) is 4.14. The Balaban J connectivity index is 1.75. The van der Waals surface area contributed by atoms with Crippen LogP contribution in [0.4, 0.5) is 10.1 Å². The molecule has 1 fully saturated rings. The summed E-state index contributed by atoms with van der Waals surface area (Å²) in [6.07, 6.45) is 0. The van der Waals surface area contributed by atoms with Crippen molar-refractivity contribution in [2.24, 2.45) is 0 Å². The molecule has 4 nitrogen and oxygen atoms in total. The first-order valence-corrected chi connectivity index (χ1v) is 9.46. The molecule has 1 heterocycles. The predicted molar refractivity (Wildman–Crippen MR) is 93.6 cm³/mol. The molecule has 0 spiro atoms. The van der Waals surface area contributed by atoms with Crippen LogP contribution in [-0.4, -0.2) is 38.9 Å². The number of hydrogen-bond donors (Lipinski definition) is 0. The number of aryl methyl sites for hydroxylation is 1. The Morgan fingerprint density at radius 1 is 1.00 bits per heavy atom. The van der Waals surface area contributed by atoms with Gasteiger partial charge in [0.15, 0.2) is 0 Å². The molecule has 0 unspecified atom stereocenters. The first kappa shape index (κ1) is 17.2. The lowest BCUT2D eigenvalue weighted by molar-refractivity contribution is 0.385. The summed E-state index contributed by atoms with van der Waals surface area (Å²) < 4.78 is 40.0. The molecule has 128 valence electrons. The summed E-state index contributed by atoms with van der Waals surface area (Å²) in [7, 11) is -3.61. The van der Waals surface area contributed by atoms with E-state index in [0.717, 1.165) is 11.3 Å². The minimum atomic E-state index is -3.61. The lowest BCUT2D eigenvalue weighted by Crippen LogP contribution is -2.48. The van der Waals surface area contributed by atoms with Gasteiger partial charge in [0.25, 0.3) is 0 Å². The van der Waals surface area contributed by atoms with Crippen molar-refractivity contribution in [3.63, 3.8) is 0 Å². The van der Waals surface area contributed by atoms with Crippen LogP contribution in [0.2, 0.25) is 5.02 Å². The van der Waals surface area contributed by atoms with E-state index in [1.165, 1.54) is 16.4 Å². The maximum absolute atomic E-state index is 13.0. The molecule has 1 aliphatic heterocycles. The third-order valence-corrected chi connectivity index (χ3v) is 6.52. The fourth-order valence-corrected chi connectivity index (χ4v) is 4.79. The molecular weight excluding hydrogens is 351 g/mol. The molecule has 0 aromatic heterocycles. The fourth-order valence-electron chi connectivity index (χ4n) is 2.79. The van der Waals surface area contributed by atoms with Crippen LogP contribution in [0.15, 0.2) is 47.4 Å². The summed E-state index contributed by atoms with van der Waals surface area (Å²) in [4.78, 5) is 2.19. The van der Waals surface area contributed by atoms with Crippen molar-refractivity contribution in [1.82, 2.24) is 4.31 Å². The molecule has 1 saturated heterocycles. The van der Waals surface area contributed by atoms with Crippen molar-refractivity contribution < 1.29 is 12.8 Å². The number of hydrogen-bond acceptors (Lipinski definition) is 3. The van der Waals surface area contributed by atoms with Crippen LogP contribution in [0.1, 0.15) is 5.56 Å². The van der Waals surface area contributed by atoms with Crippen LogP contribution < -0.4 is 4.90 Å². The van der Waals surface area contributed by atoms with Gasteiger partial charge < -0.3 is 4.90 Å². The van der Waals surface area contributed by atoms with E-state index < -0.39 is 10.0 Å². The highest BCUT2D eigenvalue weighted by molar-refractivity contribution is 7.89. The van der Waals surface area contributed by atoms with Crippen molar-refractivity contribution >= 4 is 27.3 Å². The number of sulfonamides is 1. The number of rotatable bonds is 3. The van der Waals surface area contributed by atoms with E-state index in [9.17, 15) is 12.8 Å². The number of nitrogens with zero attached hydrogens (tertiary/aromatic N) is 2. The molecule has 2 aromatic carbocycles. The summed E-state index contributed by atoms with van der Waals surface area (Å²) in [6, 6.07) is 11.2. The van der Waals surface area contributed by atoms with Gasteiger partial charge in [0.1, 0.15) is 10.7 Å². The first-order chi connectivity index (χ1) is 11.4. The fraction of sp³-hybridized carbons (Fsp3) is 0.294. The van der Waals surface area contributed by atoms with Gasteiger partial charge in [-0.05, 0) is 48.9 Å². The van der Waals surface area contributed by atoms with Gasteiger partial charge in [0, 0.05) is 31.9 Å². The van der Waals surface area contributed by atoms with E-state index >= 15 is 0 Å². The minimum Gasteiger partial charge on any atom is -0.369 e. The van der Waals surface area contributed by atoms with E-state index in [0.29, 0.717) is 26.2 Å². The molecule has 3 rings (SSSR count). The van der Waals surface area contributed by atoms with E-state index in [-0.39, 0.29) is 15.7 Å². The van der Waals surface area contributed by atoms with Gasteiger partial charge in [0.05, 0.1) is 5.02 Å². The molecule has 0 aliphatic carbocycles. The molecule has 0 atom stereocenters. The standard InChI is InChI=1S/C17H18ClFN2O2S/c1-13-2-7-17(16(18)12-13)24(22,23)21-10-8-20(9-11-21)15-5-3-14(19)4-6-15/h2-7,12H,8-11H2,1H3. The number of benzene rings is 2. The quantitative estimate of drug-likeness (QED) is 0.834. The van der Waals surface area contributed by atoms with Crippen molar-refractivity contribution in [2.45, 2.75) is 11.8 Å². The van der Waals surface area contributed by atoms with Crippen molar-refractivity contribution in [3.8, 4) is 0 Å². The molecule has 24 heavy (non-hydrogen) atoms. The van der Waals surface area contributed by atoms with Crippen LogP contribution in [0.25, 0.3) is 0 Å². The van der Waals surface area contributed by atoms with Crippen molar-refractivity contribution in [1.29, 1.82) is 0 Å². The molecular formula is C17H18ClFN2O2S. The molecule has 0 saturated carbocycles. The predicted octanol–water partition coefficient (Wildman–Crippen LogP) is 3.30. The van der Waals surface area contributed by atoms with Crippen LogP contribution in [0, 0.1) is 12.7 Å². The Morgan fingerprint density at radius 2 is 1.62 bits per heavy atom. The molecule has 0 radical (unpaired) electrons. The van der Waals surface area contributed by atoms with Crippen molar-refractivity contribution in [2.75, 3.05) is 31.1 Å². The molecule has 1 aliphatic rings. The Hall–Kier alpha value is -1.63. The number of halogens is 2. The minimum absolute atomic E-state index is 0.144. The van der Waals surface area contributed by atoms with Crippen LogP contribution in [-0.2, 0) is 10.0 Å². The lowest BCUT2D eigenvalue weighted by atomic mass is 10.2. The molecule has 0 N–H and O–H groups in total. The summed E-state index contributed by atoms with van der Waals surface area (Å²) in [5.74, 6) is -0.283. The highest BCUT2D eigenvalue weighted by Gasteiger charge is 2.30. The second-order valence-corrected chi connectivity index (χ2v) is 8.11. The molecule has 2 aromatic rings. The average molecular weight is 369 g/mol. The molecule has 0 bridgehead atoms. The zero-order valence-electron chi connectivity index (χ0n) is 13.2. The van der Waals surface area contributed by atoms with Crippen LogP contribution >= 0.6 is 11.6 Å². The Labute approximate surface area is 146 Å². The monoisotopic (exact) mass is 368 g/mol. The summed E-state index contributed by atoms with van der Waals surface area (Å²) in [6.45, 7) is 3.69. The highest BCUT2D eigenvalue weighted by atomic mass is 35.5. The Morgan fingerprint density at radius 3 is 2.21 bits per heavy atom. The maximum atomic E-state index is 13.0. The largest absolute Gasteiger partial charge is 0.369 e. The van der Waals surface area contributed by atoms with Gasteiger partial charge in [0.2, 0.25) is 10.0 Å². The zero-order chi connectivity index (χ0) is 17.3. The van der Waals surface area contributed by atoms with Crippen LogP contribution in [0.5, 0.6) is 0 Å². The second kappa shape index (κ2) is 6.70. The smallest absolute Gasteiger partial charge is 0.244 e. The topological polar surface area (TPSA) is 40.6 Å². The van der Waals surface area contributed by atoms with E-state index in [2.05, 4.69) is 0 Å². The van der Waals surface area contributed by atoms with Gasteiger partial charge in [-0.2, -0.15) is 4.31 Å². The van der Waals surface area contributed by atoms with Gasteiger partial charge in [-0.3, -0.25) is 0 Å². The SMILES string of the molecule is Cc1ccc(S(=O)(=O)N2CCN(c3ccc(F)cc3)CC2)c(Cl)c1. The van der Waals surface area contributed by atoms with Gasteiger partial charge >= 0.3 is 0 Å². The normalized spacial score (nSPS) is 16.4. The zero-order valence-corrected chi connectivity index (χ0v) is 14.8. The van der Waals surface area contributed by atoms with E-state index in [1.807, 2.05) is 11.8 Å². The Bertz CT molecular complexity index is 832. The number of anilines is 1. The number of piperazine rings is 1. The highest BCUT2D eigenvalue weighted by Crippen LogP contribution is 2.27. The van der Waals surface area contributed by atoms with E-state index in [1.54, 1.807) is 30.3 Å². The van der Waals surface area contributed by atoms with Gasteiger partial charge in [-0.1, -0.05) is 17.7 Å². The van der Waals surface area contributed by atoms with E-state index in [4.69, 9.17) is 11.6 Å². The second-order valence-electron chi connectivity index (χ2n) is 5.80. The molecule has 0 amide bonds. The summed E-state index contributed by atoms with van der Waals surface area (Å²) in [5.41, 5.74) is 1.81.